The Kier molecular flexibility index (Phi) is 7.18. The number of thioether (sulfide) groups is 1. The molecule has 0 saturated heterocycles. The maximum absolute atomic E-state index is 13.1. The average Bonchev–Trinajstić information content (AvgIpc) is 2.74. The molecule has 0 spiro atoms. The molecule has 0 fully saturated rings. The van der Waals surface area contributed by atoms with Crippen LogP contribution in [0.1, 0.15) is 29.4 Å². The van der Waals surface area contributed by atoms with Crippen LogP contribution in [0.3, 0.4) is 0 Å². The number of hydrogen-bond donors (Lipinski definition) is 1. The van der Waals surface area contributed by atoms with E-state index in [2.05, 4.69) is 0 Å². The third-order valence-corrected chi connectivity index (χ3v) is 5.67. The van der Waals surface area contributed by atoms with E-state index in [1.807, 2.05) is 0 Å². The molecule has 5 nitrogen and oxygen atoms in total. The molecule has 0 radical (unpaired) electrons. The Morgan fingerprint density at radius 3 is 2.50 bits per heavy atom. The number of hydrogen-bond acceptors (Lipinski definition) is 6. The zero-order valence-electron chi connectivity index (χ0n) is 15.9. The van der Waals surface area contributed by atoms with Gasteiger partial charge in [-0.3, -0.25) is 9.59 Å². The second-order valence-electron chi connectivity index (χ2n) is 6.42. The van der Waals surface area contributed by atoms with Crippen LogP contribution in [-0.2, 0) is 15.3 Å². The van der Waals surface area contributed by atoms with Gasteiger partial charge in [0.1, 0.15) is 11.6 Å². The van der Waals surface area contributed by atoms with E-state index in [4.69, 9.17) is 20.8 Å². The number of methoxy groups -OCH3 is 1. The fourth-order valence-electron chi connectivity index (χ4n) is 2.85. The highest BCUT2D eigenvalue weighted by Crippen LogP contribution is 2.35. The Hall–Kier alpha value is -2.77. The number of ether oxygens (including phenoxy) is 1. The minimum Gasteiger partial charge on any atom is -0.502 e. The second kappa shape index (κ2) is 9.82. The Bertz CT molecular complexity index is 1080. The van der Waals surface area contributed by atoms with Crippen LogP contribution < -0.4 is 5.43 Å². The summed E-state index contributed by atoms with van der Waals surface area (Å²) >= 11 is 7.29. The molecule has 3 rings (SSSR count). The van der Waals surface area contributed by atoms with Crippen molar-refractivity contribution in [2.75, 3.05) is 7.11 Å². The smallest absolute Gasteiger partial charge is 0.306 e. The molecule has 0 aliphatic carbocycles. The molecule has 0 amide bonds. The molecular formula is C22H18ClFO5S. The highest BCUT2D eigenvalue weighted by Gasteiger charge is 2.26. The van der Waals surface area contributed by atoms with Gasteiger partial charge in [0.05, 0.1) is 25.2 Å². The third-order valence-electron chi connectivity index (χ3n) is 4.38. The lowest BCUT2D eigenvalue weighted by molar-refractivity contribution is -0.140. The predicted molar refractivity (Wildman–Crippen MR) is 113 cm³/mol. The normalized spacial score (nSPS) is 11.8. The van der Waals surface area contributed by atoms with Crippen molar-refractivity contribution in [3.05, 3.63) is 92.7 Å². The van der Waals surface area contributed by atoms with Gasteiger partial charge in [0.25, 0.3) is 0 Å². The maximum Gasteiger partial charge on any atom is 0.306 e. The van der Waals surface area contributed by atoms with Crippen molar-refractivity contribution in [2.45, 2.75) is 23.0 Å². The molecule has 0 saturated carbocycles. The van der Waals surface area contributed by atoms with E-state index in [0.29, 0.717) is 16.3 Å². The number of halogens is 2. The van der Waals surface area contributed by atoms with Crippen molar-refractivity contribution >= 4 is 29.3 Å². The van der Waals surface area contributed by atoms with Crippen LogP contribution >= 0.6 is 23.4 Å². The summed E-state index contributed by atoms with van der Waals surface area (Å²) in [5.41, 5.74) is 0.0152. The van der Waals surface area contributed by atoms with E-state index in [0.717, 1.165) is 4.90 Å². The molecule has 156 valence electrons. The summed E-state index contributed by atoms with van der Waals surface area (Å²) in [6, 6.07) is 13.8. The largest absolute Gasteiger partial charge is 0.502 e. The fraction of sp³-hybridized carbons (Fsp3) is 0.182. The van der Waals surface area contributed by atoms with Gasteiger partial charge in [0, 0.05) is 16.0 Å². The number of benzene rings is 2. The van der Waals surface area contributed by atoms with Gasteiger partial charge in [0.15, 0.2) is 5.76 Å². The quantitative estimate of drug-likeness (QED) is 0.399. The summed E-state index contributed by atoms with van der Waals surface area (Å²) < 4.78 is 23.7. The standard InChI is InChI=1S/C22H18ClFO5S/c1-28-20(26)11-18(13-2-4-14(23)5-3-13)22-21(27)19(25)10-16(29-22)12-30-17-8-6-15(24)7-9-17/h2-10,18,27H,11-12H2,1H3/t18-/m1/s1. The van der Waals surface area contributed by atoms with Crippen LogP contribution in [0.5, 0.6) is 5.75 Å². The molecule has 0 unspecified atom stereocenters. The zero-order valence-corrected chi connectivity index (χ0v) is 17.5. The Balaban J connectivity index is 1.95. The van der Waals surface area contributed by atoms with Crippen molar-refractivity contribution in [1.29, 1.82) is 0 Å². The van der Waals surface area contributed by atoms with Gasteiger partial charge in [0.2, 0.25) is 11.2 Å². The molecule has 1 heterocycles. The fourth-order valence-corrected chi connectivity index (χ4v) is 3.76. The zero-order chi connectivity index (χ0) is 21.7. The molecule has 0 aliphatic rings. The van der Waals surface area contributed by atoms with Crippen molar-refractivity contribution in [2.24, 2.45) is 0 Å². The molecule has 1 N–H and O–H groups in total. The van der Waals surface area contributed by atoms with Crippen molar-refractivity contribution in [3.63, 3.8) is 0 Å². The molecule has 3 aromatic rings. The SMILES string of the molecule is COC(=O)C[C@H](c1ccc(Cl)cc1)c1oc(CSc2ccc(F)cc2)cc(=O)c1O. The maximum atomic E-state index is 13.1. The summed E-state index contributed by atoms with van der Waals surface area (Å²) in [4.78, 5) is 25.1. The van der Waals surface area contributed by atoms with E-state index in [1.165, 1.54) is 37.1 Å². The Labute approximate surface area is 181 Å². The molecule has 1 aromatic heterocycles. The minimum absolute atomic E-state index is 0.0232. The van der Waals surface area contributed by atoms with E-state index in [1.54, 1.807) is 36.4 Å². The summed E-state index contributed by atoms with van der Waals surface area (Å²) in [6.07, 6.45) is -0.136. The van der Waals surface area contributed by atoms with Crippen molar-refractivity contribution in [1.82, 2.24) is 0 Å². The number of aromatic hydroxyl groups is 1. The van der Waals surface area contributed by atoms with Gasteiger partial charge >= 0.3 is 5.97 Å². The molecule has 0 bridgehead atoms. The number of rotatable bonds is 7. The summed E-state index contributed by atoms with van der Waals surface area (Å²) in [7, 11) is 1.26. The second-order valence-corrected chi connectivity index (χ2v) is 7.90. The first-order chi connectivity index (χ1) is 14.4. The highest BCUT2D eigenvalue weighted by atomic mass is 35.5. The Morgan fingerprint density at radius 2 is 1.87 bits per heavy atom. The average molecular weight is 449 g/mol. The minimum atomic E-state index is -0.738. The number of carbonyl (C=O) groups is 1. The molecule has 30 heavy (non-hydrogen) atoms. The lowest BCUT2D eigenvalue weighted by atomic mass is 9.92. The monoisotopic (exact) mass is 448 g/mol. The third kappa shape index (κ3) is 5.43. The summed E-state index contributed by atoms with van der Waals surface area (Å²) in [5.74, 6) is -1.60. The first-order valence-corrected chi connectivity index (χ1v) is 10.3. The number of esters is 1. The topological polar surface area (TPSA) is 76.7 Å². The van der Waals surface area contributed by atoms with Crippen LogP contribution in [-0.4, -0.2) is 18.2 Å². The van der Waals surface area contributed by atoms with E-state index < -0.39 is 23.1 Å². The van der Waals surface area contributed by atoms with Gasteiger partial charge in [-0.2, -0.15) is 0 Å². The lowest BCUT2D eigenvalue weighted by Gasteiger charge is -2.17. The van der Waals surface area contributed by atoms with E-state index in [9.17, 15) is 19.1 Å². The highest BCUT2D eigenvalue weighted by molar-refractivity contribution is 7.98. The molecule has 8 heteroatoms. The summed E-state index contributed by atoms with van der Waals surface area (Å²) in [5, 5.41) is 10.9. The van der Waals surface area contributed by atoms with E-state index >= 15 is 0 Å². The molecule has 2 aromatic carbocycles. The Morgan fingerprint density at radius 1 is 1.20 bits per heavy atom. The van der Waals surface area contributed by atoms with Gasteiger partial charge in [-0.15, -0.1) is 11.8 Å². The van der Waals surface area contributed by atoms with Crippen molar-refractivity contribution in [3.8, 4) is 5.75 Å². The van der Waals surface area contributed by atoms with Gasteiger partial charge in [-0.05, 0) is 42.0 Å². The van der Waals surface area contributed by atoms with Crippen LogP contribution in [0.2, 0.25) is 5.02 Å². The van der Waals surface area contributed by atoms with Crippen LogP contribution in [0.4, 0.5) is 4.39 Å². The summed E-state index contributed by atoms with van der Waals surface area (Å²) in [6.45, 7) is 0. The lowest BCUT2D eigenvalue weighted by Crippen LogP contribution is -2.14. The van der Waals surface area contributed by atoms with Crippen LogP contribution in [0, 0.1) is 5.82 Å². The van der Waals surface area contributed by atoms with Crippen LogP contribution in [0.25, 0.3) is 0 Å². The van der Waals surface area contributed by atoms with Gasteiger partial charge < -0.3 is 14.3 Å². The van der Waals surface area contributed by atoms with E-state index in [-0.39, 0.29) is 23.8 Å². The van der Waals surface area contributed by atoms with Crippen molar-refractivity contribution < 1.29 is 23.4 Å². The first-order valence-electron chi connectivity index (χ1n) is 8.94. The predicted octanol–water partition coefficient (Wildman–Crippen LogP) is 5.13. The van der Waals surface area contributed by atoms with Crippen LogP contribution in [0.15, 0.2) is 68.7 Å². The first kappa shape index (κ1) is 21.9. The van der Waals surface area contributed by atoms with Gasteiger partial charge in [-0.1, -0.05) is 23.7 Å². The molecular weight excluding hydrogens is 431 g/mol. The molecule has 1 atom stereocenters. The van der Waals surface area contributed by atoms with Gasteiger partial charge in [-0.25, -0.2) is 4.39 Å². The number of carbonyl (C=O) groups excluding carboxylic acids is 1. The molecule has 0 aliphatic heterocycles.